The van der Waals surface area contributed by atoms with Crippen LogP contribution in [-0.4, -0.2) is 37.1 Å². The van der Waals surface area contributed by atoms with Gasteiger partial charge in [0.25, 0.3) is 0 Å². The van der Waals surface area contributed by atoms with E-state index >= 15 is 0 Å². The Morgan fingerprint density at radius 1 is 0.574 bits per heavy atom. The molecule has 0 saturated heterocycles. The van der Waals surface area contributed by atoms with E-state index in [1.165, 1.54) is 0 Å². The van der Waals surface area contributed by atoms with E-state index in [2.05, 4.69) is 69.2 Å². The van der Waals surface area contributed by atoms with Crippen molar-refractivity contribution in [2.24, 2.45) is 10.8 Å². The van der Waals surface area contributed by atoms with Gasteiger partial charge >= 0.3 is 11.3 Å². The third-order valence-corrected chi connectivity index (χ3v) is 11.1. The molecule has 8 nitrogen and oxygen atoms in total. The quantitative estimate of drug-likeness (QED) is 0.0839. The minimum absolute atomic E-state index is 0.0417. The number of hydrogen-bond donors (Lipinski definition) is 0. The summed E-state index contributed by atoms with van der Waals surface area (Å²) in [6.45, 7) is 24.2. The van der Waals surface area contributed by atoms with E-state index in [9.17, 15) is 9.59 Å². The lowest BCUT2D eigenvalue weighted by atomic mass is 9.78. The Labute approximate surface area is 361 Å². The zero-order valence-electron chi connectivity index (χ0n) is 38.0. The molecule has 0 amide bonds. The minimum Gasteiger partial charge on any atom is -0.491 e. The second-order valence-electron chi connectivity index (χ2n) is 19.2. The Morgan fingerprint density at radius 2 is 1.03 bits per heavy atom. The van der Waals surface area contributed by atoms with E-state index < -0.39 is 23.0 Å². The van der Waals surface area contributed by atoms with Gasteiger partial charge in [-0.3, -0.25) is 0 Å². The maximum Gasteiger partial charge on any atom is 0.344 e. The third kappa shape index (κ3) is 11.8. The zero-order chi connectivity index (χ0) is 44.1. The van der Waals surface area contributed by atoms with E-state index in [4.69, 9.17) is 27.8 Å². The largest absolute Gasteiger partial charge is 0.491 e. The molecule has 0 N–H and O–H groups in total. The van der Waals surface area contributed by atoms with Crippen molar-refractivity contribution in [3.05, 3.63) is 129 Å². The van der Waals surface area contributed by atoms with E-state index in [0.717, 1.165) is 52.3 Å². The molecule has 0 aliphatic rings. The summed E-state index contributed by atoms with van der Waals surface area (Å²) < 4.78 is 38.0. The van der Waals surface area contributed by atoms with Crippen LogP contribution in [0.4, 0.5) is 0 Å². The van der Waals surface area contributed by atoms with Crippen molar-refractivity contribution < 1.29 is 27.8 Å². The lowest BCUT2D eigenvalue weighted by Gasteiger charge is -2.41. The fourth-order valence-corrected chi connectivity index (χ4v) is 8.01. The number of aryl methyl sites for hydroxylation is 2. The first-order valence-electron chi connectivity index (χ1n) is 21.7. The van der Waals surface area contributed by atoms with Crippen LogP contribution in [0.5, 0.6) is 11.5 Å². The first-order chi connectivity index (χ1) is 28.8. The van der Waals surface area contributed by atoms with Crippen LogP contribution >= 0.6 is 0 Å². The highest BCUT2D eigenvalue weighted by Crippen LogP contribution is 2.37. The Hall–Kier alpha value is -5.18. The summed E-state index contributed by atoms with van der Waals surface area (Å²) in [7, 11) is 0. The predicted octanol–water partition coefficient (Wildman–Crippen LogP) is 12.6. The molecule has 0 bridgehead atoms. The minimum atomic E-state index is -0.509. The molecule has 0 radical (unpaired) electrons. The van der Waals surface area contributed by atoms with Crippen molar-refractivity contribution in [1.82, 2.24) is 0 Å². The molecule has 2 unspecified atom stereocenters. The Morgan fingerprint density at radius 3 is 1.46 bits per heavy atom. The van der Waals surface area contributed by atoms with E-state index in [1.807, 2.05) is 91.9 Å². The second-order valence-corrected chi connectivity index (χ2v) is 19.2. The summed E-state index contributed by atoms with van der Waals surface area (Å²) in [6, 6.07) is 30.6. The van der Waals surface area contributed by atoms with Gasteiger partial charge in [0, 0.05) is 29.3 Å². The molecule has 6 rings (SSSR count). The van der Waals surface area contributed by atoms with Crippen LogP contribution in [-0.2, 0) is 22.3 Å². The molecule has 6 aromatic rings. The standard InChI is InChI=1S/C53H64O8/c1-12-35-18-14-16-20-42(35)44-26-37-22-24-39(28-46(37)59-49(44)54)56-32-41(58-34(3)30-53(10,11)61-48(52(7,8)9)31-51(4,5)6)33-57-40-25-23-38-27-45(50(55)60-47(38)29-40)43-21-17-15-19-36(43)13-2/h14-29,34,41,48H,12-13,30-33H2,1-11H3. The molecule has 0 saturated carbocycles. The molecule has 4 aromatic carbocycles. The SMILES string of the molecule is CCc1ccccc1-c1cc2ccc(OCC(COc3ccc4cc(-c5ccccc5CC)c(=O)oc4c3)OC(C)CC(C)(C)OC(CC(C)(C)C)C(C)(C)C)cc2oc1=O. The van der Waals surface area contributed by atoms with Gasteiger partial charge < -0.3 is 27.8 Å². The third-order valence-electron chi connectivity index (χ3n) is 11.1. The molecular weight excluding hydrogens is 765 g/mol. The van der Waals surface area contributed by atoms with Crippen LogP contribution in [0.3, 0.4) is 0 Å². The van der Waals surface area contributed by atoms with Crippen molar-refractivity contribution in [2.75, 3.05) is 13.2 Å². The highest BCUT2D eigenvalue weighted by molar-refractivity contribution is 5.84. The fraction of sp³-hybridized carbons (Fsp3) is 0.434. The molecule has 2 aromatic heterocycles. The highest BCUT2D eigenvalue weighted by Gasteiger charge is 2.36. The molecule has 0 spiro atoms. The second kappa shape index (κ2) is 18.8. The van der Waals surface area contributed by atoms with Crippen LogP contribution in [0.25, 0.3) is 44.2 Å². The summed E-state index contributed by atoms with van der Waals surface area (Å²) in [4.78, 5) is 26.5. The maximum atomic E-state index is 13.3. The summed E-state index contributed by atoms with van der Waals surface area (Å²) in [5, 5.41) is 1.59. The molecule has 0 fully saturated rings. The summed E-state index contributed by atoms with van der Waals surface area (Å²) in [6.07, 6.45) is 2.49. The molecule has 2 heterocycles. The molecule has 2 atom stereocenters. The monoisotopic (exact) mass is 828 g/mol. The molecular formula is C53H64O8. The van der Waals surface area contributed by atoms with Gasteiger partial charge in [0.2, 0.25) is 0 Å². The Bertz CT molecular complexity index is 2400. The number of hydrogen-bond acceptors (Lipinski definition) is 8. The number of ether oxygens (including phenoxy) is 4. The zero-order valence-corrected chi connectivity index (χ0v) is 38.0. The van der Waals surface area contributed by atoms with Crippen LogP contribution in [0.1, 0.15) is 100 Å². The number of benzene rings is 4. The smallest absolute Gasteiger partial charge is 0.344 e. The van der Waals surface area contributed by atoms with Gasteiger partial charge in [0.15, 0.2) is 0 Å². The van der Waals surface area contributed by atoms with E-state index in [0.29, 0.717) is 40.2 Å². The maximum absolute atomic E-state index is 13.3. The lowest BCUT2D eigenvalue weighted by Crippen LogP contribution is -2.42. The molecule has 8 heteroatoms. The van der Waals surface area contributed by atoms with Gasteiger partial charge in [0.1, 0.15) is 42.0 Å². The van der Waals surface area contributed by atoms with Crippen molar-refractivity contribution in [1.29, 1.82) is 0 Å². The van der Waals surface area contributed by atoms with Gasteiger partial charge in [0.05, 0.1) is 28.9 Å². The molecule has 324 valence electrons. The predicted molar refractivity (Wildman–Crippen MR) is 247 cm³/mol. The number of rotatable bonds is 17. The van der Waals surface area contributed by atoms with E-state index in [1.54, 1.807) is 12.1 Å². The summed E-state index contributed by atoms with van der Waals surface area (Å²) in [5.74, 6) is 1.07. The van der Waals surface area contributed by atoms with Gasteiger partial charge in [-0.15, -0.1) is 0 Å². The summed E-state index contributed by atoms with van der Waals surface area (Å²) in [5.41, 5.74) is 4.65. The van der Waals surface area contributed by atoms with Crippen molar-refractivity contribution >= 4 is 21.9 Å². The van der Waals surface area contributed by atoms with Crippen LogP contribution in [0.2, 0.25) is 0 Å². The number of fused-ring (bicyclic) bond motifs is 2. The fourth-order valence-electron chi connectivity index (χ4n) is 8.01. The van der Waals surface area contributed by atoms with Crippen LogP contribution in [0.15, 0.2) is 115 Å². The van der Waals surface area contributed by atoms with Crippen molar-refractivity contribution in [3.8, 4) is 33.8 Å². The highest BCUT2D eigenvalue weighted by atomic mass is 16.6. The van der Waals surface area contributed by atoms with Gasteiger partial charge in [-0.2, -0.15) is 0 Å². The first-order valence-corrected chi connectivity index (χ1v) is 21.7. The van der Waals surface area contributed by atoms with Crippen molar-refractivity contribution in [2.45, 2.75) is 126 Å². The van der Waals surface area contributed by atoms with Crippen molar-refractivity contribution in [3.63, 3.8) is 0 Å². The Kier molecular flexibility index (Phi) is 14.0. The summed E-state index contributed by atoms with van der Waals surface area (Å²) >= 11 is 0. The average molecular weight is 829 g/mol. The average Bonchev–Trinajstić information content (AvgIpc) is 3.19. The van der Waals surface area contributed by atoms with Gasteiger partial charge in [-0.1, -0.05) is 104 Å². The van der Waals surface area contributed by atoms with Gasteiger partial charge in [-0.05, 0) is 110 Å². The molecule has 0 aliphatic heterocycles. The van der Waals surface area contributed by atoms with Crippen LogP contribution in [0, 0.1) is 10.8 Å². The van der Waals surface area contributed by atoms with Crippen LogP contribution < -0.4 is 20.7 Å². The Balaban J connectivity index is 1.22. The molecule has 61 heavy (non-hydrogen) atoms. The van der Waals surface area contributed by atoms with Gasteiger partial charge in [-0.25, -0.2) is 9.59 Å². The topological polar surface area (TPSA) is 97.3 Å². The first kappa shape index (κ1) is 45.3. The lowest BCUT2D eigenvalue weighted by molar-refractivity contribution is -0.151. The normalized spacial score (nSPS) is 13.5. The molecule has 0 aliphatic carbocycles. The van der Waals surface area contributed by atoms with E-state index in [-0.39, 0.29) is 36.3 Å².